The van der Waals surface area contributed by atoms with E-state index in [1.807, 2.05) is 12.1 Å². The summed E-state index contributed by atoms with van der Waals surface area (Å²) in [7, 11) is 5.02. The van der Waals surface area contributed by atoms with Crippen molar-refractivity contribution < 1.29 is 14.2 Å². The number of allylic oxidation sites excluding steroid dienone is 1. The van der Waals surface area contributed by atoms with Crippen LogP contribution in [0.2, 0.25) is 0 Å². The van der Waals surface area contributed by atoms with Crippen LogP contribution in [0, 0.1) is 0 Å². The molecule has 0 heterocycles. The molecule has 0 unspecified atom stereocenters. The van der Waals surface area contributed by atoms with Crippen LogP contribution in [0.4, 0.5) is 0 Å². The van der Waals surface area contributed by atoms with Crippen molar-refractivity contribution in [3.8, 4) is 17.2 Å². The van der Waals surface area contributed by atoms with Crippen LogP contribution in [-0.4, -0.2) is 26.7 Å². The average molecular weight is 415 g/mol. The van der Waals surface area contributed by atoms with Crippen LogP contribution in [-0.2, 0) is 0 Å². The molecule has 0 radical (unpaired) electrons. The van der Waals surface area contributed by atoms with Gasteiger partial charge in [0.2, 0.25) is 0 Å². The molecule has 3 rings (SSSR count). The second-order valence-corrected chi connectivity index (χ2v) is 6.83. The molecule has 0 saturated heterocycles. The van der Waals surface area contributed by atoms with Gasteiger partial charge in [0.25, 0.3) is 0 Å². The lowest BCUT2D eigenvalue weighted by molar-refractivity contribution is 0.356. The zero-order valence-corrected chi connectivity index (χ0v) is 16.9. The monoisotopic (exact) mass is 414 g/mol. The fourth-order valence-electron chi connectivity index (χ4n) is 3.15. The van der Waals surface area contributed by atoms with Crippen LogP contribution in [0.3, 0.4) is 0 Å². The first-order valence-electron chi connectivity index (χ1n) is 8.60. The average Bonchev–Trinajstić information content (AvgIpc) is 2.69. The van der Waals surface area contributed by atoms with Crippen LogP contribution in [0.5, 0.6) is 17.2 Å². The van der Waals surface area contributed by atoms with E-state index < -0.39 is 0 Å². The molecule has 136 valence electrons. The van der Waals surface area contributed by atoms with Crippen LogP contribution >= 0.6 is 15.9 Å². The Bertz CT molecular complexity index is 947. The quantitative estimate of drug-likeness (QED) is 0.261. The molecule has 0 N–H and O–H groups in total. The van der Waals surface area contributed by atoms with Crippen molar-refractivity contribution >= 4 is 43.6 Å². The van der Waals surface area contributed by atoms with E-state index in [1.165, 1.54) is 10.9 Å². The zero-order valence-electron chi connectivity index (χ0n) is 15.3. The SMILES string of the molecule is COc1ccc2cc(/C=C/CCCBr)c3cc(OC)c(OC)cc3c2c1. The first-order chi connectivity index (χ1) is 12.7. The number of halogens is 1. The molecule has 0 spiro atoms. The van der Waals surface area contributed by atoms with E-state index in [0.29, 0.717) is 0 Å². The molecule has 0 atom stereocenters. The number of unbranched alkanes of at least 4 members (excludes halogenated alkanes) is 1. The summed E-state index contributed by atoms with van der Waals surface area (Å²) in [5, 5.41) is 5.59. The van der Waals surface area contributed by atoms with Crippen LogP contribution in [0.15, 0.2) is 42.5 Å². The zero-order chi connectivity index (χ0) is 18.5. The molecular formula is C22H23BrO3. The molecule has 0 amide bonds. The molecule has 4 heteroatoms. The highest BCUT2D eigenvalue weighted by molar-refractivity contribution is 9.09. The van der Waals surface area contributed by atoms with Crippen molar-refractivity contribution in [1.29, 1.82) is 0 Å². The van der Waals surface area contributed by atoms with E-state index in [1.54, 1.807) is 21.3 Å². The standard InChI is InChI=1S/C22H23BrO3/c1-24-17-9-8-16-11-15(7-5-4-6-10-23)19-13-21(25-2)22(26-3)14-20(19)18(16)12-17/h5,7-9,11-14H,4,6,10H2,1-3H3/b7-5+. The van der Waals surface area contributed by atoms with E-state index in [2.05, 4.69) is 52.3 Å². The maximum Gasteiger partial charge on any atom is 0.161 e. The Morgan fingerprint density at radius 1 is 0.846 bits per heavy atom. The highest BCUT2D eigenvalue weighted by atomic mass is 79.9. The second-order valence-electron chi connectivity index (χ2n) is 6.04. The van der Waals surface area contributed by atoms with Crippen molar-refractivity contribution in [3.05, 3.63) is 48.0 Å². The van der Waals surface area contributed by atoms with E-state index in [4.69, 9.17) is 14.2 Å². The van der Waals surface area contributed by atoms with Gasteiger partial charge >= 0.3 is 0 Å². The van der Waals surface area contributed by atoms with E-state index in [9.17, 15) is 0 Å². The number of benzene rings is 3. The molecule has 0 aliphatic carbocycles. The Morgan fingerprint density at radius 3 is 2.23 bits per heavy atom. The lowest BCUT2D eigenvalue weighted by Crippen LogP contribution is -1.92. The molecule has 3 aromatic carbocycles. The Morgan fingerprint density at radius 2 is 1.58 bits per heavy atom. The van der Waals surface area contributed by atoms with Crippen molar-refractivity contribution in [3.63, 3.8) is 0 Å². The van der Waals surface area contributed by atoms with Gasteiger partial charge in [0.15, 0.2) is 11.5 Å². The number of rotatable bonds is 7. The Labute approximate surface area is 162 Å². The number of hydrogen-bond donors (Lipinski definition) is 0. The van der Waals surface area contributed by atoms with Crippen molar-refractivity contribution in [1.82, 2.24) is 0 Å². The minimum atomic E-state index is 0.726. The number of hydrogen-bond acceptors (Lipinski definition) is 3. The van der Waals surface area contributed by atoms with Crippen molar-refractivity contribution in [2.75, 3.05) is 26.7 Å². The maximum atomic E-state index is 5.52. The topological polar surface area (TPSA) is 27.7 Å². The van der Waals surface area contributed by atoms with Crippen LogP contribution in [0.1, 0.15) is 18.4 Å². The molecule has 3 nitrogen and oxygen atoms in total. The van der Waals surface area contributed by atoms with Crippen LogP contribution in [0.25, 0.3) is 27.6 Å². The molecule has 3 aromatic rings. The number of ether oxygens (including phenoxy) is 3. The lowest BCUT2D eigenvalue weighted by atomic mass is 9.96. The molecule has 0 saturated carbocycles. The molecule has 0 aromatic heterocycles. The lowest BCUT2D eigenvalue weighted by Gasteiger charge is -2.14. The summed E-state index contributed by atoms with van der Waals surface area (Å²) in [6.45, 7) is 0. The number of fused-ring (bicyclic) bond motifs is 3. The van der Waals surface area contributed by atoms with Gasteiger partial charge in [-0.25, -0.2) is 0 Å². The first-order valence-corrected chi connectivity index (χ1v) is 9.73. The fraction of sp³-hybridized carbons (Fsp3) is 0.273. The summed E-state index contributed by atoms with van der Waals surface area (Å²) < 4.78 is 16.5. The predicted molar refractivity (Wildman–Crippen MR) is 113 cm³/mol. The van der Waals surface area contributed by atoms with Gasteiger partial charge in [0.05, 0.1) is 21.3 Å². The molecule has 0 aliphatic heterocycles. The van der Waals surface area contributed by atoms with Gasteiger partial charge in [-0.05, 0) is 70.3 Å². The third-order valence-electron chi connectivity index (χ3n) is 4.50. The number of alkyl halides is 1. The van der Waals surface area contributed by atoms with E-state index in [-0.39, 0.29) is 0 Å². The Hall–Kier alpha value is -2.20. The van der Waals surface area contributed by atoms with E-state index in [0.717, 1.165) is 51.6 Å². The fourth-order valence-corrected chi connectivity index (χ4v) is 3.47. The van der Waals surface area contributed by atoms with Gasteiger partial charge in [-0.3, -0.25) is 0 Å². The molecule has 0 aliphatic rings. The van der Waals surface area contributed by atoms with Gasteiger partial charge in [-0.1, -0.05) is 34.1 Å². The highest BCUT2D eigenvalue weighted by Crippen LogP contribution is 2.39. The van der Waals surface area contributed by atoms with Crippen molar-refractivity contribution in [2.24, 2.45) is 0 Å². The van der Waals surface area contributed by atoms with Crippen LogP contribution < -0.4 is 14.2 Å². The molecule has 0 fully saturated rings. The van der Waals surface area contributed by atoms with Crippen molar-refractivity contribution in [2.45, 2.75) is 12.8 Å². The summed E-state index contributed by atoms with van der Waals surface area (Å²) >= 11 is 3.48. The maximum absolute atomic E-state index is 5.52. The van der Waals surface area contributed by atoms with Gasteiger partial charge < -0.3 is 14.2 Å². The molecule has 0 bridgehead atoms. The third kappa shape index (κ3) is 3.65. The largest absolute Gasteiger partial charge is 0.497 e. The third-order valence-corrected chi connectivity index (χ3v) is 5.06. The van der Waals surface area contributed by atoms with Gasteiger partial charge in [0.1, 0.15) is 5.75 Å². The van der Waals surface area contributed by atoms with E-state index >= 15 is 0 Å². The molecular weight excluding hydrogens is 392 g/mol. The summed E-state index contributed by atoms with van der Waals surface area (Å²) in [5.74, 6) is 2.30. The summed E-state index contributed by atoms with van der Waals surface area (Å²) in [6, 6.07) is 12.5. The van der Waals surface area contributed by atoms with Gasteiger partial charge in [-0.15, -0.1) is 0 Å². The molecule has 26 heavy (non-hydrogen) atoms. The Kier molecular flexibility index (Phi) is 6.04. The smallest absolute Gasteiger partial charge is 0.161 e. The minimum Gasteiger partial charge on any atom is -0.497 e. The van der Waals surface area contributed by atoms with Gasteiger partial charge in [0, 0.05) is 5.33 Å². The number of methoxy groups -OCH3 is 3. The second kappa shape index (κ2) is 8.45. The normalized spacial score (nSPS) is 11.4. The first kappa shape index (κ1) is 18.6. The predicted octanol–water partition coefficient (Wildman–Crippen LogP) is 6.21. The minimum absolute atomic E-state index is 0.726. The summed E-state index contributed by atoms with van der Waals surface area (Å²) in [4.78, 5) is 0. The summed E-state index contributed by atoms with van der Waals surface area (Å²) in [6.07, 6.45) is 6.58. The Balaban J connectivity index is 2.29. The summed E-state index contributed by atoms with van der Waals surface area (Å²) in [5.41, 5.74) is 1.17. The highest BCUT2D eigenvalue weighted by Gasteiger charge is 2.12. The van der Waals surface area contributed by atoms with Gasteiger partial charge in [-0.2, -0.15) is 0 Å².